The van der Waals surface area contributed by atoms with Crippen LogP contribution in [0.2, 0.25) is 0 Å². The van der Waals surface area contributed by atoms with Crippen LogP contribution in [-0.4, -0.2) is 19.1 Å². The average Bonchev–Trinajstić information content (AvgIpc) is 2.37. The predicted octanol–water partition coefficient (Wildman–Crippen LogP) is 2.93. The van der Waals surface area contributed by atoms with E-state index in [1.807, 2.05) is 24.3 Å². The van der Waals surface area contributed by atoms with Crippen LogP contribution in [0.5, 0.6) is 5.75 Å². The highest BCUT2D eigenvalue weighted by Gasteiger charge is 2.06. The van der Waals surface area contributed by atoms with Crippen molar-refractivity contribution in [1.82, 2.24) is 5.32 Å². The van der Waals surface area contributed by atoms with Gasteiger partial charge in [0.05, 0.1) is 7.11 Å². The van der Waals surface area contributed by atoms with E-state index in [4.69, 9.17) is 4.74 Å². The molecule has 1 atom stereocenters. The van der Waals surface area contributed by atoms with E-state index in [9.17, 15) is 4.79 Å². The molecule has 0 saturated heterocycles. The number of carbonyl (C=O) groups is 1. The van der Waals surface area contributed by atoms with E-state index in [2.05, 4.69) is 19.2 Å². The number of aryl methyl sites for hydroxylation is 1. The van der Waals surface area contributed by atoms with E-state index in [-0.39, 0.29) is 11.9 Å². The summed E-state index contributed by atoms with van der Waals surface area (Å²) < 4.78 is 5.10. The highest BCUT2D eigenvalue weighted by molar-refractivity contribution is 5.76. The molecular weight excluding hydrogens is 226 g/mol. The summed E-state index contributed by atoms with van der Waals surface area (Å²) in [7, 11) is 1.65. The Labute approximate surface area is 110 Å². The van der Waals surface area contributed by atoms with Gasteiger partial charge in [-0.2, -0.15) is 0 Å². The lowest BCUT2D eigenvalue weighted by Crippen LogP contribution is -2.32. The maximum absolute atomic E-state index is 11.7. The minimum absolute atomic E-state index is 0.131. The number of ether oxygens (including phenoxy) is 1. The standard InChI is InChI=1S/C15H23NO2/c1-4-5-12(2)16-15(17)11-8-13-6-9-14(18-3)10-7-13/h6-7,9-10,12H,4-5,8,11H2,1-3H3,(H,16,17)/t12-/m0/s1. The van der Waals surface area contributed by atoms with E-state index in [0.717, 1.165) is 30.6 Å². The highest BCUT2D eigenvalue weighted by Crippen LogP contribution is 2.12. The molecule has 0 radical (unpaired) electrons. The van der Waals surface area contributed by atoms with Gasteiger partial charge in [-0.3, -0.25) is 4.79 Å². The average molecular weight is 249 g/mol. The van der Waals surface area contributed by atoms with E-state index >= 15 is 0 Å². The quantitative estimate of drug-likeness (QED) is 0.807. The van der Waals surface area contributed by atoms with Gasteiger partial charge in [0.15, 0.2) is 0 Å². The maximum Gasteiger partial charge on any atom is 0.220 e. The molecule has 1 amide bonds. The third-order valence-electron chi connectivity index (χ3n) is 2.93. The van der Waals surface area contributed by atoms with Crippen molar-refractivity contribution in [3.63, 3.8) is 0 Å². The number of benzene rings is 1. The second kappa shape index (κ2) is 7.75. The minimum atomic E-state index is 0.131. The molecule has 1 aromatic carbocycles. The molecule has 0 unspecified atom stereocenters. The Kier molecular flexibility index (Phi) is 6.26. The molecule has 0 aromatic heterocycles. The van der Waals surface area contributed by atoms with E-state index < -0.39 is 0 Å². The molecule has 100 valence electrons. The Bertz CT molecular complexity index is 359. The lowest BCUT2D eigenvalue weighted by molar-refractivity contribution is -0.121. The smallest absolute Gasteiger partial charge is 0.220 e. The van der Waals surface area contributed by atoms with Crippen LogP contribution in [0.15, 0.2) is 24.3 Å². The van der Waals surface area contributed by atoms with Gasteiger partial charge in [-0.25, -0.2) is 0 Å². The summed E-state index contributed by atoms with van der Waals surface area (Å²) in [5, 5.41) is 3.01. The molecule has 0 aliphatic carbocycles. The lowest BCUT2D eigenvalue weighted by Gasteiger charge is -2.12. The van der Waals surface area contributed by atoms with Crippen molar-refractivity contribution in [2.75, 3.05) is 7.11 Å². The molecule has 0 saturated carbocycles. The normalized spacial score (nSPS) is 11.9. The Hall–Kier alpha value is -1.51. The topological polar surface area (TPSA) is 38.3 Å². The molecule has 1 N–H and O–H groups in total. The SMILES string of the molecule is CCC[C@H](C)NC(=O)CCc1ccc(OC)cc1. The van der Waals surface area contributed by atoms with Crippen molar-refractivity contribution in [3.8, 4) is 5.75 Å². The molecule has 0 spiro atoms. The summed E-state index contributed by atoms with van der Waals surface area (Å²) in [6, 6.07) is 8.13. The van der Waals surface area contributed by atoms with Crippen LogP contribution in [0, 0.1) is 0 Å². The fourth-order valence-electron chi connectivity index (χ4n) is 1.90. The van der Waals surface area contributed by atoms with Crippen molar-refractivity contribution < 1.29 is 9.53 Å². The Morgan fingerprint density at radius 3 is 2.56 bits per heavy atom. The summed E-state index contributed by atoms with van der Waals surface area (Å²) >= 11 is 0. The molecule has 0 aliphatic heterocycles. The monoisotopic (exact) mass is 249 g/mol. The van der Waals surface area contributed by atoms with E-state index in [1.54, 1.807) is 7.11 Å². The largest absolute Gasteiger partial charge is 0.497 e. The van der Waals surface area contributed by atoms with Gasteiger partial charge in [0.25, 0.3) is 0 Å². The Balaban J connectivity index is 2.33. The number of carbonyl (C=O) groups excluding carboxylic acids is 1. The van der Waals surface area contributed by atoms with Crippen LogP contribution >= 0.6 is 0 Å². The second-order valence-electron chi connectivity index (χ2n) is 4.61. The number of amides is 1. The zero-order chi connectivity index (χ0) is 13.4. The molecule has 3 nitrogen and oxygen atoms in total. The maximum atomic E-state index is 11.7. The zero-order valence-electron chi connectivity index (χ0n) is 11.5. The van der Waals surface area contributed by atoms with Gasteiger partial charge in [0.2, 0.25) is 5.91 Å². The first-order valence-electron chi connectivity index (χ1n) is 6.58. The van der Waals surface area contributed by atoms with Crippen LogP contribution in [0.1, 0.15) is 38.7 Å². The first-order valence-corrected chi connectivity index (χ1v) is 6.58. The molecule has 1 rings (SSSR count). The van der Waals surface area contributed by atoms with Gasteiger partial charge in [-0.15, -0.1) is 0 Å². The summed E-state index contributed by atoms with van der Waals surface area (Å²) in [6.07, 6.45) is 3.45. The number of rotatable bonds is 7. The molecule has 18 heavy (non-hydrogen) atoms. The van der Waals surface area contributed by atoms with Gasteiger partial charge in [0.1, 0.15) is 5.75 Å². The third kappa shape index (κ3) is 5.21. The first-order chi connectivity index (χ1) is 8.65. The number of nitrogens with one attached hydrogen (secondary N) is 1. The van der Waals surface area contributed by atoms with Gasteiger partial charge >= 0.3 is 0 Å². The summed E-state index contributed by atoms with van der Waals surface area (Å²) in [5.41, 5.74) is 1.16. The van der Waals surface area contributed by atoms with Crippen molar-refractivity contribution in [2.45, 2.75) is 45.6 Å². The van der Waals surface area contributed by atoms with Gasteiger partial charge in [0, 0.05) is 12.5 Å². The van der Waals surface area contributed by atoms with Crippen molar-refractivity contribution in [1.29, 1.82) is 0 Å². The lowest BCUT2D eigenvalue weighted by atomic mass is 10.1. The number of methoxy groups -OCH3 is 1. The second-order valence-corrected chi connectivity index (χ2v) is 4.61. The highest BCUT2D eigenvalue weighted by atomic mass is 16.5. The number of hydrogen-bond acceptors (Lipinski definition) is 2. The van der Waals surface area contributed by atoms with Gasteiger partial charge < -0.3 is 10.1 Å². The minimum Gasteiger partial charge on any atom is -0.497 e. The molecule has 0 fully saturated rings. The van der Waals surface area contributed by atoms with Crippen LogP contribution in [0.3, 0.4) is 0 Å². The molecule has 0 heterocycles. The summed E-state index contributed by atoms with van der Waals surface area (Å²) in [5.74, 6) is 0.978. The molecular formula is C15H23NO2. The Morgan fingerprint density at radius 1 is 1.33 bits per heavy atom. The van der Waals surface area contributed by atoms with Crippen molar-refractivity contribution in [3.05, 3.63) is 29.8 Å². The van der Waals surface area contributed by atoms with Gasteiger partial charge in [-0.05, 0) is 37.5 Å². The molecule has 1 aromatic rings. The van der Waals surface area contributed by atoms with Crippen LogP contribution in [0.4, 0.5) is 0 Å². The summed E-state index contributed by atoms with van der Waals surface area (Å²) in [6.45, 7) is 4.18. The van der Waals surface area contributed by atoms with E-state index in [0.29, 0.717) is 6.42 Å². The van der Waals surface area contributed by atoms with Gasteiger partial charge in [-0.1, -0.05) is 25.5 Å². The fraction of sp³-hybridized carbons (Fsp3) is 0.533. The van der Waals surface area contributed by atoms with Crippen LogP contribution in [-0.2, 0) is 11.2 Å². The van der Waals surface area contributed by atoms with Crippen molar-refractivity contribution in [2.24, 2.45) is 0 Å². The van der Waals surface area contributed by atoms with Crippen LogP contribution in [0.25, 0.3) is 0 Å². The number of hydrogen-bond donors (Lipinski definition) is 1. The van der Waals surface area contributed by atoms with Crippen molar-refractivity contribution >= 4 is 5.91 Å². The summed E-state index contributed by atoms with van der Waals surface area (Å²) in [4.78, 5) is 11.7. The first kappa shape index (κ1) is 14.6. The van der Waals surface area contributed by atoms with E-state index in [1.165, 1.54) is 0 Å². The molecule has 0 aliphatic rings. The fourth-order valence-corrected chi connectivity index (χ4v) is 1.90. The zero-order valence-corrected chi connectivity index (χ0v) is 11.5. The predicted molar refractivity (Wildman–Crippen MR) is 73.8 cm³/mol. The Morgan fingerprint density at radius 2 is 2.00 bits per heavy atom. The van der Waals surface area contributed by atoms with Crippen LogP contribution < -0.4 is 10.1 Å². The molecule has 0 bridgehead atoms. The molecule has 3 heteroatoms. The third-order valence-corrected chi connectivity index (χ3v) is 2.93.